The van der Waals surface area contributed by atoms with Gasteiger partial charge in [0.25, 0.3) is 5.91 Å². The summed E-state index contributed by atoms with van der Waals surface area (Å²) in [7, 11) is -3.04. The zero-order valence-corrected chi connectivity index (χ0v) is 14.1. The Labute approximate surface area is 135 Å². The molecular formula is C15H20N4O3S. The van der Waals surface area contributed by atoms with E-state index < -0.39 is 21.3 Å². The van der Waals surface area contributed by atoms with Crippen LogP contribution in [-0.2, 0) is 20.2 Å². The van der Waals surface area contributed by atoms with Crippen LogP contribution in [0.3, 0.4) is 0 Å². The van der Waals surface area contributed by atoms with E-state index in [0.717, 1.165) is 6.42 Å². The summed E-state index contributed by atoms with van der Waals surface area (Å²) in [6, 6.07) is 1.88. The molecule has 1 aromatic rings. The number of sulfone groups is 1. The van der Waals surface area contributed by atoms with Gasteiger partial charge in [-0.1, -0.05) is 6.92 Å². The number of nitriles is 1. The average Bonchev–Trinajstić information content (AvgIpc) is 3.07. The molecule has 23 heavy (non-hydrogen) atoms. The molecule has 1 aromatic heterocycles. The molecule has 8 heteroatoms. The SMILES string of the molecule is CCCNC(=O)/C(C#N)=C/c1cnn(C2(C)CCS(=O)(=O)C2)c1. The first-order valence-electron chi connectivity index (χ1n) is 7.45. The fraction of sp³-hybridized carbons (Fsp3) is 0.533. The molecule has 1 atom stereocenters. The molecule has 1 unspecified atom stereocenters. The Bertz CT molecular complexity index is 773. The van der Waals surface area contributed by atoms with E-state index in [-0.39, 0.29) is 17.1 Å². The van der Waals surface area contributed by atoms with Crippen molar-refractivity contribution < 1.29 is 13.2 Å². The Morgan fingerprint density at radius 3 is 2.91 bits per heavy atom. The van der Waals surface area contributed by atoms with Crippen LogP contribution < -0.4 is 5.32 Å². The van der Waals surface area contributed by atoms with Gasteiger partial charge in [0.2, 0.25) is 0 Å². The van der Waals surface area contributed by atoms with Crippen LogP contribution in [0.1, 0.15) is 32.3 Å². The number of nitrogens with zero attached hydrogens (tertiary/aromatic N) is 3. The van der Waals surface area contributed by atoms with E-state index in [1.807, 2.05) is 19.9 Å². The van der Waals surface area contributed by atoms with Gasteiger partial charge in [0.1, 0.15) is 11.6 Å². The first kappa shape index (κ1) is 17.2. The van der Waals surface area contributed by atoms with Crippen molar-refractivity contribution in [3.05, 3.63) is 23.5 Å². The van der Waals surface area contributed by atoms with Crippen LogP contribution in [0.2, 0.25) is 0 Å². The number of hydrogen-bond donors (Lipinski definition) is 1. The quantitative estimate of drug-likeness (QED) is 0.634. The summed E-state index contributed by atoms with van der Waals surface area (Å²) in [5.74, 6) is -0.221. The van der Waals surface area contributed by atoms with Crippen molar-refractivity contribution in [3.8, 4) is 6.07 Å². The molecule has 1 fully saturated rings. The molecule has 0 spiro atoms. The molecule has 7 nitrogen and oxygen atoms in total. The zero-order valence-electron chi connectivity index (χ0n) is 13.2. The minimum absolute atomic E-state index is 0.00203. The Morgan fingerprint density at radius 2 is 2.35 bits per heavy atom. The average molecular weight is 336 g/mol. The van der Waals surface area contributed by atoms with Crippen molar-refractivity contribution in [1.82, 2.24) is 15.1 Å². The highest BCUT2D eigenvalue weighted by molar-refractivity contribution is 7.91. The third-order valence-corrected chi connectivity index (χ3v) is 5.74. The lowest BCUT2D eigenvalue weighted by atomic mass is 10.0. The van der Waals surface area contributed by atoms with Crippen molar-refractivity contribution in [3.63, 3.8) is 0 Å². The summed E-state index contributed by atoms with van der Waals surface area (Å²) in [6.45, 7) is 4.28. The Kier molecular flexibility index (Phi) is 4.90. The summed E-state index contributed by atoms with van der Waals surface area (Å²) in [6.07, 6.45) is 5.95. The van der Waals surface area contributed by atoms with Crippen LogP contribution in [0, 0.1) is 11.3 Å². The molecule has 1 aliphatic rings. The van der Waals surface area contributed by atoms with Gasteiger partial charge < -0.3 is 5.32 Å². The lowest BCUT2D eigenvalue weighted by molar-refractivity contribution is -0.117. The van der Waals surface area contributed by atoms with E-state index in [9.17, 15) is 13.2 Å². The Balaban J connectivity index is 2.20. The molecule has 2 heterocycles. The van der Waals surface area contributed by atoms with Crippen molar-refractivity contribution in [2.24, 2.45) is 0 Å². The van der Waals surface area contributed by atoms with Crippen molar-refractivity contribution >= 4 is 21.8 Å². The third-order valence-electron chi connectivity index (χ3n) is 3.85. The highest BCUT2D eigenvalue weighted by Gasteiger charge is 2.40. The van der Waals surface area contributed by atoms with E-state index in [4.69, 9.17) is 5.26 Å². The topological polar surface area (TPSA) is 105 Å². The van der Waals surface area contributed by atoms with Crippen LogP contribution in [-0.4, -0.2) is 42.2 Å². The molecule has 0 aliphatic carbocycles. The second-order valence-electron chi connectivity index (χ2n) is 5.98. The van der Waals surface area contributed by atoms with Gasteiger partial charge in [0.05, 0.1) is 23.2 Å². The number of carbonyl (C=O) groups is 1. The molecule has 0 saturated carbocycles. The van der Waals surface area contributed by atoms with Gasteiger partial charge >= 0.3 is 0 Å². The molecule has 1 amide bonds. The number of carbonyl (C=O) groups excluding carboxylic acids is 1. The molecule has 0 aromatic carbocycles. The predicted octanol–water partition coefficient (Wildman–Crippen LogP) is 0.850. The second kappa shape index (κ2) is 6.54. The first-order chi connectivity index (χ1) is 10.8. The molecule has 1 N–H and O–H groups in total. The van der Waals surface area contributed by atoms with Gasteiger partial charge in [-0.15, -0.1) is 0 Å². The summed E-state index contributed by atoms with van der Waals surface area (Å²) < 4.78 is 25.0. The fourth-order valence-corrected chi connectivity index (χ4v) is 4.65. The maximum absolute atomic E-state index is 11.8. The van der Waals surface area contributed by atoms with Crippen molar-refractivity contribution in [2.75, 3.05) is 18.1 Å². The molecule has 124 valence electrons. The van der Waals surface area contributed by atoms with Gasteiger partial charge in [0, 0.05) is 18.3 Å². The zero-order chi connectivity index (χ0) is 17.1. The normalized spacial score (nSPS) is 23.4. The van der Waals surface area contributed by atoms with Crippen molar-refractivity contribution in [1.29, 1.82) is 5.26 Å². The standard InChI is InChI=1S/C15H20N4O3S/c1-3-5-17-14(20)13(8-16)7-12-9-18-19(10-12)15(2)4-6-23(21,22)11-15/h7,9-10H,3-6,11H2,1-2H3,(H,17,20)/b13-7+. The van der Waals surface area contributed by atoms with E-state index in [2.05, 4.69) is 10.4 Å². The lowest BCUT2D eigenvalue weighted by Crippen LogP contribution is -2.31. The number of hydrogen-bond acceptors (Lipinski definition) is 5. The van der Waals surface area contributed by atoms with E-state index in [0.29, 0.717) is 18.5 Å². The number of nitrogens with one attached hydrogen (secondary N) is 1. The largest absolute Gasteiger partial charge is 0.351 e. The van der Waals surface area contributed by atoms with Crippen LogP contribution in [0.25, 0.3) is 6.08 Å². The number of amides is 1. The summed E-state index contributed by atoms with van der Waals surface area (Å²) in [5, 5.41) is 16.0. The lowest BCUT2D eigenvalue weighted by Gasteiger charge is -2.22. The van der Waals surface area contributed by atoms with Gasteiger partial charge in [-0.2, -0.15) is 10.4 Å². The maximum atomic E-state index is 11.8. The number of aromatic nitrogens is 2. The van der Waals surface area contributed by atoms with Gasteiger partial charge in [-0.3, -0.25) is 9.48 Å². The minimum atomic E-state index is -3.04. The molecular weight excluding hydrogens is 316 g/mol. The summed E-state index contributed by atoms with van der Waals surface area (Å²) in [5.41, 5.74) is 0.0169. The smallest absolute Gasteiger partial charge is 0.261 e. The van der Waals surface area contributed by atoms with Crippen LogP contribution in [0.4, 0.5) is 0 Å². The van der Waals surface area contributed by atoms with Gasteiger partial charge in [0.15, 0.2) is 9.84 Å². The van der Waals surface area contributed by atoms with E-state index >= 15 is 0 Å². The van der Waals surface area contributed by atoms with E-state index in [1.165, 1.54) is 12.3 Å². The predicted molar refractivity (Wildman–Crippen MR) is 86.0 cm³/mol. The highest BCUT2D eigenvalue weighted by Crippen LogP contribution is 2.30. The van der Waals surface area contributed by atoms with Gasteiger partial charge in [-0.05, 0) is 25.8 Å². The summed E-state index contributed by atoms with van der Waals surface area (Å²) >= 11 is 0. The summed E-state index contributed by atoms with van der Waals surface area (Å²) in [4.78, 5) is 11.8. The van der Waals surface area contributed by atoms with Crippen molar-refractivity contribution in [2.45, 2.75) is 32.2 Å². The van der Waals surface area contributed by atoms with E-state index in [1.54, 1.807) is 10.9 Å². The Hall–Kier alpha value is -2.14. The molecule has 0 bridgehead atoms. The molecule has 2 rings (SSSR count). The highest BCUT2D eigenvalue weighted by atomic mass is 32.2. The second-order valence-corrected chi connectivity index (χ2v) is 8.17. The third kappa shape index (κ3) is 3.99. The fourth-order valence-electron chi connectivity index (χ4n) is 2.53. The minimum Gasteiger partial charge on any atom is -0.351 e. The van der Waals surface area contributed by atoms with Crippen LogP contribution in [0.15, 0.2) is 18.0 Å². The molecule has 1 aliphatic heterocycles. The van der Waals surface area contributed by atoms with Gasteiger partial charge in [-0.25, -0.2) is 8.42 Å². The molecule has 0 radical (unpaired) electrons. The maximum Gasteiger partial charge on any atom is 0.261 e. The van der Waals surface area contributed by atoms with Crippen LogP contribution >= 0.6 is 0 Å². The van der Waals surface area contributed by atoms with Crippen LogP contribution in [0.5, 0.6) is 0 Å². The molecule has 1 saturated heterocycles. The Morgan fingerprint density at radius 1 is 1.61 bits per heavy atom. The number of rotatable bonds is 5. The first-order valence-corrected chi connectivity index (χ1v) is 9.27. The monoisotopic (exact) mass is 336 g/mol.